The van der Waals surface area contributed by atoms with Crippen LogP contribution in [0.3, 0.4) is 0 Å². The molecule has 1 aliphatic carbocycles. The van der Waals surface area contributed by atoms with E-state index < -0.39 is 0 Å². The van der Waals surface area contributed by atoms with Gasteiger partial charge in [-0.15, -0.1) is 0 Å². The third-order valence-electron chi connectivity index (χ3n) is 6.93. The summed E-state index contributed by atoms with van der Waals surface area (Å²) in [4.78, 5) is 0. The molecule has 0 aromatic rings. The van der Waals surface area contributed by atoms with Gasteiger partial charge >= 0.3 is 0 Å². The average molecular weight is 409 g/mol. The second kappa shape index (κ2) is 13.1. The number of hydrogen-bond acceptors (Lipinski definition) is 4. The van der Waals surface area contributed by atoms with Gasteiger partial charge < -0.3 is 18.9 Å². The summed E-state index contributed by atoms with van der Waals surface area (Å²) in [5, 5.41) is 0. The van der Waals surface area contributed by atoms with Crippen LogP contribution in [-0.2, 0) is 18.9 Å². The Morgan fingerprint density at radius 1 is 0.724 bits per heavy atom. The maximum Gasteiger partial charge on any atom is 0.160 e. The van der Waals surface area contributed by atoms with Crippen molar-refractivity contribution in [2.24, 2.45) is 23.7 Å². The van der Waals surface area contributed by atoms with Crippen molar-refractivity contribution in [3.8, 4) is 0 Å². The maximum absolute atomic E-state index is 6.15. The Morgan fingerprint density at radius 2 is 1.45 bits per heavy atom. The van der Waals surface area contributed by atoms with Gasteiger partial charge in [0, 0.05) is 17.8 Å². The highest BCUT2D eigenvalue weighted by Crippen LogP contribution is 2.36. The van der Waals surface area contributed by atoms with Crippen LogP contribution in [0.1, 0.15) is 84.5 Å². The molecule has 3 aliphatic rings. The molecule has 0 atom stereocenters. The lowest BCUT2D eigenvalue weighted by Gasteiger charge is -2.38. The Hall–Kier alpha value is -0.420. The monoisotopic (exact) mass is 408 g/mol. The predicted octanol–water partition coefficient (Wildman–Crippen LogP) is 6.10. The van der Waals surface area contributed by atoms with Gasteiger partial charge in [-0.2, -0.15) is 0 Å². The molecule has 0 aromatic carbocycles. The van der Waals surface area contributed by atoms with Crippen LogP contribution in [0.2, 0.25) is 0 Å². The summed E-state index contributed by atoms with van der Waals surface area (Å²) in [6.07, 6.45) is 18.3. The molecule has 1 saturated carbocycles. The molecule has 0 N–H and O–H groups in total. The normalized spacial score (nSPS) is 36.5. The first kappa shape index (κ1) is 23.2. The minimum absolute atomic E-state index is 0.0381. The van der Waals surface area contributed by atoms with Crippen LogP contribution in [0.15, 0.2) is 12.2 Å². The molecular weight excluding hydrogens is 364 g/mol. The highest BCUT2D eigenvalue weighted by Gasteiger charge is 2.32. The van der Waals surface area contributed by atoms with E-state index in [0.717, 1.165) is 51.6 Å². The van der Waals surface area contributed by atoms with Gasteiger partial charge in [-0.05, 0) is 50.9 Å². The van der Waals surface area contributed by atoms with E-state index in [1.165, 1.54) is 51.4 Å². The first-order valence-electron chi connectivity index (χ1n) is 12.4. The van der Waals surface area contributed by atoms with Crippen molar-refractivity contribution in [3.63, 3.8) is 0 Å². The maximum atomic E-state index is 6.15. The number of hydrogen-bond donors (Lipinski definition) is 0. The molecule has 4 nitrogen and oxygen atoms in total. The van der Waals surface area contributed by atoms with Crippen LogP contribution in [0.5, 0.6) is 0 Å². The largest absolute Gasteiger partial charge is 0.352 e. The molecule has 0 spiro atoms. The zero-order chi connectivity index (χ0) is 20.3. The highest BCUT2D eigenvalue weighted by molar-refractivity contribution is 4.88. The number of unbranched alkanes of at least 4 members (excludes halogenated alkanes) is 2. The van der Waals surface area contributed by atoms with E-state index in [1.807, 2.05) is 0 Å². The second-order valence-corrected chi connectivity index (χ2v) is 9.45. The molecule has 29 heavy (non-hydrogen) atoms. The molecule has 2 aliphatic heterocycles. The Balaban J connectivity index is 1.25. The van der Waals surface area contributed by atoms with Gasteiger partial charge in [0.15, 0.2) is 12.6 Å². The molecule has 0 aromatic heterocycles. The fourth-order valence-electron chi connectivity index (χ4n) is 4.97. The van der Waals surface area contributed by atoms with Crippen molar-refractivity contribution >= 4 is 0 Å². The first-order valence-corrected chi connectivity index (χ1v) is 12.4. The lowest BCUT2D eigenvalue weighted by Crippen LogP contribution is -2.39. The summed E-state index contributed by atoms with van der Waals surface area (Å²) in [7, 11) is 0. The minimum atomic E-state index is -0.0537. The topological polar surface area (TPSA) is 36.9 Å². The van der Waals surface area contributed by atoms with E-state index in [0.29, 0.717) is 17.8 Å². The molecule has 2 heterocycles. The SMILES string of the molecule is CCC=CC1COC(CCC2COC(C3CCC(CCCCC)CC3)OC2)OC1. The van der Waals surface area contributed by atoms with Crippen molar-refractivity contribution < 1.29 is 18.9 Å². The van der Waals surface area contributed by atoms with Crippen LogP contribution in [-0.4, -0.2) is 39.0 Å². The van der Waals surface area contributed by atoms with E-state index >= 15 is 0 Å². The molecule has 0 radical (unpaired) electrons. The highest BCUT2D eigenvalue weighted by atomic mass is 16.7. The van der Waals surface area contributed by atoms with Crippen molar-refractivity contribution in [3.05, 3.63) is 12.2 Å². The van der Waals surface area contributed by atoms with Gasteiger partial charge in [0.25, 0.3) is 0 Å². The molecule has 4 heteroatoms. The third-order valence-corrected chi connectivity index (χ3v) is 6.93. The fourth-order valence-corrected chi connectivity index (χ4v) is 4.97. The van der Waals surface area contributed by atoms with Crippen molar-refractivity contribution in [2.75, 3.05) is 26.4 Å². The van der Waals surface area contributed by atoms with Gasteiger partial charge in [-0.1, -0.05) is 51.7 Å². The molecule has 0 bridgehead atoms. The predicted molar refractivity (Wildman–Crippen MR) is 117 cm³/mol. The van der Waals surface area contributed by atoms with Gasteiger partial charge in [0.2, 0.25) is 0 Å². The van der Waals surface area contributed by atoms with Gasteiger partial charge in [0.05, 0.1) is 26.4 Å². The van der Waals surface area contributed by atoms with E-state index in [2.05, 4.69) is 26.0 Å². The Labute approximate surface area is 178 Å². The Kier molecular flexibility index (Phi) is 10.5. The Morgan fingerprint density at radius 3 is 2.10 bits per heavy atom. The fraction of sp³-hybridized carbons (Fsp3) is 0.920. The van der Waals surface area contributed by atoms with Gasteiger partial charge in [0.1, 0.15) is 0 Å². The Bertz CT molecular complexity index is 442. The lowest BCUT2D eigenvalue weighted by molar-refractivity contribution is -0.235. The number of rotatable bonds is 10. The van der Waals surface area contributed by atoms with Crippen LogP contribution in [0.4, 0.5) is 0 Å². The number of allylic oxidation sites excluding steroid dienone is 1. The quantitative estimate of drug-likeness (QED) is 0.323. The molecule has 3 fully saturated rings. The second-order valence-electron chi connectivity index (χ2n) is 9.45. The zero-order valence-electron chi connectivity index (χ0n) is 18.9. The molecule has 168 valence electrons. The van der Waals surface area contributed by atoms with Gasteiger partial charge in [-0.3, -0.25) is 0 Å². The summed E-state index contributed by atoms with van der Waals surface area (Å²) in [6.45, 7) is 7.66. The van der Waals surface area contributed by atoms with Crippen LogP contribution >= 0.6 is 0 Å². The molecule has 3 rings (SSSR count). The summed E-state index contributed by atoms with van der Waals surface area (Å²) in [5.74, 6) is 2.44. The van der Waals surface area contributed by atoms with E-state index in [4.69, 9.17) is 18.9 Å². The summed E-state index contributed by atoms with van der Waals surface area (Å²) in [5.41, 5.74) is 0. The third kappa shape index (κ3) is 7.97. The standard InChI is InChI=1S/C25H44O4/c1-3-5-7-9-20-10-13-23(14-11-20)25-28-18-22(19-29-25)12-15-24-26-16-21(17-27-24)8-6-4-2/h6,8,20-25H,3-5,7,9-19H2,1-2H3. The summed E-state index contributed by atoms with van der Waals surface area (Å²) in [6, 6.07) is 0. The van der Waals surface area contributed by atoms with Crippen LogP contribution in [0.25, 0.3) is 0 Å². The smallest absolute Gasteiger partial charge is 0.160 e. The zero-order valence-corrected chi connectivity index (χ0v) is 18.9. The van der Waals surface area contributed by atoms with Crippen molar-refractivity contribution in [1.82, 2.24) is 0 Å². The average Bonchev–Trinajstić information content (AvgIpc) is 2.78. The minimum Gasteiger partial charge on any atom is -0.352 e. The van der Waals surface area contributed by atoms with Crippen LogP contribution in [0, 0.1) is 23.7 Å². The molecular formula is C25H44O4. The van der Waals surface area contributed by atoms with Crippen molar-refractivity contribution in [1.29, 1.82) is 0 Å². The first-order chi connectivity index (χ1) is 14.3. The number of ether oxygens (including phenoxy) is 4. The molecule has 0 amide bonds. The summed E-state index contributed by atoms with van der Waals surface area (Å²) >= 11 is 0. The van der Waals surface area contributed by atoms with E-state index in [-0.39, 0.29) is 12.6 Å². The summed E-state index contributed by atoms with van der Waals surface area (Å²) < 4.78 is 24.1. The van der Waals surface area contributed by atoms with E-state index in [9.17, 15) is 0 Å². The van der Waals surface area contributed by atoms with Crippen LogP contribution < -0.4 is 0 Å². The van der Waals surface area contributed by atoms with Gasteiger partial charge in [-0.25, -0.2) is 0 Å². The molecule has 0 unspecified atom stereocenters. The molecule has 2 saturated heterocycles. The van der Waals surface area contributed by atoms with Crippen molar-refractivity contribution in [2.45, 2.75) is 97.1 Å². The van der Waals surface area contributed by atoms with E-state index in [1.54, 1.807) is 0 Å². The lowest BCUT2D eigenvalue weighted by atomic mass is 9.79.